The Morgan fingerprint density at radius 1 is 1.40 bits per heavy atom. The first-order chi connectivity index (χ1) is 7.09. The summed E-state index contributed by atoms with van der Waals surface area (Å²) in [4.78, 5) is 11.4. The molecule has 1 fully saturated rings. The molecule has 0 unspecified atom stereocenters. The second kappa shape index (κ2) is 4.09. The molecule has 2 nitrogen and oxygen atoms in total. The zero-order valence-electron chi connectivity index (χ0n) is 9.52. The van der Waals surface area contributed by atoms with Crippen LogP contribution in [0.4, 0.5) is 0 Å². The molecule has 0 aromatic rings. The molecule has 15 heavy (non-hydrogen) atoms. The van der Waals surface area contributed by atoms with Crippen molar-refractivity contribution in [3.8, 4) is 0 Å². The Balaban J connectivity index is 2.21. The molecule has 2 heteroatoms. The summed E-state index contributed by atoms with van der Waals surface area (Å²) in [5, 5.41) is 9.93. The van der Waals surface area contributed by atoms with Crippen LogP contribution in [-0.4, -0.2) is 17.0 Å². The number of carbonyl (C=O) groups is 1. The molecule has 0 aromatic carbocycles. The van der Waals surface area contributed by atoms with Gasteiger partial charge in [0.1, 0.15) is 0 Å². The number of aliphatic hydroxyl groups is 1. The number of aliphatic hydroxyl groups excluding tert-OH is 1. The topological polar surface area (TPSA) is 37.3 Å². The number of fused-ring (bicyclic) bond motifs is 1. The first-order valence-corrected chi connectivity index (χ1v) is 5.98. The maximum atomic E-state index is 11.4. The van der Waals surface area contributed by atoms with Crippen molar-refractivity contribution >= 4 is 5.78 Å². The number of rotatable bonds is 1. The van der Waals surface area contributed by atoms with E-state index in [9.17, 15) is 9.90 Å². The maximum absolute atomic E-state index is 11.4. The molecular formula is C13H20O2. The Morgan fingerprint density at radius 2 is 2.13 bits per heavy atom. The van der Waals surface area contributed by atoms with Gasteiger partial charge in [-0.15, -0.1) is 0 Å². The van der Waals surface area contributed by atoms with Crippen molar-refractivity contribution in [2.24, 2.45) is 23.7 Å². The standard InChI is InChI=1S/C13H20O2/c1-8(2)10-5-6-13(15)11-4-3-9(14)7-12(10)11/h3-4,8,10-13,15H,5-7H2,1-2H3/t10-,11-,12-,13+/m1/s1. The van der Waals surface area contributed by atoms with Crippen LogP contribution in [0.15, 0.2) is 12.2 Å². The first kappa shape index (κ1) is 10.9. The van der Waals surface area contributed by atoms with E-state index in [2.05, 4.69) is 13.8 Å². The van der Waals surface area contributed by atoms with Crippen molar-refractivity contribution in [2.45, 2.75) is 39.2 Å². The summed E-state index contributed by atoms with van der Waals surface area (Å²) in [7, 11) is 0. The molecule has 1 saturated carbocycles. The van der Waals surface area contributed by atoms with E-state index in [1.165, 1.54) is 0 Å². The zero-order chi connectivity index (χ0) is 11.0. The number of allylic oxidation sites excluding steroid dienone is 1. The van der Waals surface area contributed by atoms with Gasteiger partial charge >= 0.3 is 0 Å². The van der Waals surface area contributed by atoms with Crippen LogP contribution in [0.1, 0.15) is 33.1 Å². The van der Waals surface area contributed by atoms with Crippen LogP contribution in [0.5, 0.6) is 0 Å². The van der Waals surface area contributed by atoms with Crippen LogP contribution in [0, 0.1) is 23.7 Å². The number of hydrogen-bond acceptors (Lipinski definition) is 2. The number of hydrogen-bond donors (Lipinski definition) is 1. The van der Waals surface area contributed by atoms with Gasteiger partial charge in [-0.1, -0.05) is 19.9 Å². The fourth-order valence-corrected chi connectivity index (χ4v) is 3.25. The first-order valence-electron chi connectivity index (χ1n) is 5.98. The van der Waals surface area contributed by atoms with Crippen LogP contribution in [0.3, 0.4) is 0 Å². The summed E-state index contributed by atoms with van der Waals surface area (Å²) in [5.74, 6) is 2.06. The van der Waals surface area contributed by atoms with Gasteiger partial charge in [-0.05, 0) is 36.7 Å². The van der Waals surface area contributed by atoms with Crippen molar-refractivity contribution in [1.29, 1.82) is 0 Å². The van der Waals surface area contributed by atoms with Crippen molar-refractivity contribution < 1.29 is 9.90 Å². The van der Waals surface area contributed by atoms with Crippen LogP contribution in [-0.2, 0) is 4.79 Å². The highest BCUT2D eigenvalue weighted by Gasteiger charge is 2.40. The van der Waals surface area contributed by atoms with Crippen LogP contribution in [0.2, 0.25) is 0 Å². The fourth-order valence-electron chi connectivity index (χ4n) is 3.25. The third-order valence-electron chi connectivity index (χ3n) is 4.08. The second-order valence-corrected chi connectivity index (χ2v) is 5.32. The maximum Gasteiger partial charge on any atom is 0.155 e. The molecule has 0 spiro atoms. The Labute approximate surface area is 91.4 Å². The van der Waals surface area contributed by atoms with E-state index in [0.29, 0.717) is 24.2 Å². The van der Waals surface area contributed by atoms with E-state index >= 15 is 0 Å². The smallest absolute Gasteiger partial charge is 0.155 e. The molecule has 0 saturated heterocycles. The molecular weight excluding hydrogens is 188 g/mol. The Morgan fingerprint density at radius 3 is 2.80 bits per heavy atom. The van der Waals surface area contributed by atoms with Crippen LogP contribution >= 0.6 is 0 Å². The zero-order valence-corrected chi connectivity index (χ0v) is 9.52. The molecule has 0 aliphatic heterocycles. The average molecular weight is 208 g/mol. The van der Waals surface area contributed by atoms with E-state index in [-0.39, 0.29) is 17.8 Å². The largest absolute Gasteiger partial charge is 0.393 e. The SMILES string of the molecule is CC(C)[C@H]1CC[C@H](O)[C@@H]2C=CC(=O)C[C@@H]21. The van der Waals surface area contributed by atoms with Gasteiger partial charge in [-0.2, -0.15) is 0 Å². The van der Waals surface area contributed by atoms with Gasteiger partial charge in [0.05, 0.1) is 6.10 Å². The summed E-state index contributed by atoms with van der Waals surface area (Å²) in [6, 6.07) is 0. The summed E-state index contributed by atoms with van der Waals surface area (Å²) < 4.78 is 0. The van der Waals surface area contributed by atoms with Crippen LogP contribution in [0.25, 0.3) is 0 Å². The molecule has 0 heterocycles. The summed E-state index contributed by atoms with van der Waals surface area (Å²) in [6.45, 7) is 4.45. The lowest BCUT2D eigenvalue weighted by molar-refractivity contribution is -0.118. The molecule has 1 N–H and O–H groups in total. The minimum absolute atomic E-state index is 0.226. The molecule has 0 radical (unpaired) electrons. The third kappa shape index (κ3) is 2.00. The van der Waals surface area contributed by atoms with Gasteiger partial charge in [0.15, 0.2) is 5.78 Å². The Bertz CT molecular complexity index is 280. The predicted octanol–water partition coefficient (Wildman–Crippen LogP) is 2.17. The lowest BCUT2D eigenvalue weighted by atomic mass is 9.63. The van der Waals surface area contributed by atoms with Gasteiger partial charge in [-0.3, -0.25) is 4.79 Å². The van der Waals surface area contributed by atoms with Crippen molar-refractivity contribution in [1.82, 2.24) is 0 Å². The second-order valence-electron chi connectivity index (χ2n) is 5.32. The summed E-state index contributed by atoms with van der Waals surface area (Å²) >= 11 is 0. The Kier molecular flexibility index (Phi) is 2.96. The van der Waals surface area contributed by atoms with Gasteiger partial charge in [0.25, 0.3) is 0 Å². The van der Waals surface area contributed by atoms with E-state index in [1.807, 2.05) is 6.08 Å². The van der Waals surface area contributed by atoms with E-state index in [4.69, 9.17) is 0 Å². The molecule has 4 atom stereocenters. The molecule has 2 aliphatic rings. The number of carbonyl (C=O) groups excluding carboxylic acids is 1. The normalized spacial score (nSPS) is 40.7. The monoisotopic (exact) mass is 208 g/mol. The molecule has 2 aliphatic carbocycles. The summed E-state index contributed by atoms with van der Waals surface area (Å²) in [5.41, 5.74) is 0. The van der Waals surface area contributed by atoms with E-state index in [1.54, 1.807) is 6.08 Å². The van der Waals surface area contributed by atoms with Gasteiger partial charge in [0.2, 0.25) is 0 Å². The van der Waals surface area contributed by atoms with Crippen molar-refractivity contribution in [3.63, 3.8) is 0 Å². The minimum Gasteiger partial charge on any atom is -0.393 e. The lowest BCUT2D eigenvalue weighted by Crippen LogP contribution is -2.41. The fraction of sp³-hybridized carbons (Fsp3) is 0.769. The van der Waals surface area contributed by atoms with Gasteiger partial charge in [0, 0.05) is 12.3 Å². The quantitative estimate of drug-likeness (QED) is 0.717. The highest BCUT2D eigenvalue weighted by molar-refractivity contribution is 5.90. The minimum atomic E-state index is -0.227. The van der Waals surface area contributed by atoms with E-state index < -0.39 is 0 Å². The molecule has 2 rings (SSSR count). The predicted molar refractivity (Wildman–Crippen MR) is 59.3 cm³/mol. The summed E-state index contributed by atoms with van der Waals surface area (Å²) in [6.07, 6.45) is 5.97. The lowest BCUT2D eigenvalue weighted by Gasteiger charge is -2.43. The third-order valence-corrected chi connectivity index (χ3v) is 4.08. The Hall–Kier alpha value is -0.630. The van der Waals surface area contributed by atoms with Crippen molar-refractivity contribution in [3.05, 3.63) is 12.2 Å². The van der Waals surface area contributed by atoms with Gasteiger partial charge < -0.3 is 5.11 Å². The molecule has 84 valence electrons. The van der Waals surface area contributed by atoms with Crippen LogP contribution < -0.4 is 0 Å². The highest BCUT2D eigenvalue weighted by atomic mass is 16.3. The number of ketones is 1. The molecule has 0 aromatic heterocycles. The van der Waals surface area contributed by atoms with Crippen molar-refractivity contribution in [2.75, 3.05) is 0 Å². The average Bonchev–Trinajstić information content (AvgIpc) is 2.17. The highest BCUT2D eigenvalue weighted by Crippen LogP contribution is 2.43. The molecule has 0 amide bonds. The molecule has 0 bridgehead atoms. The van der Waals surface area contributed by atoms with Gasteiger partial charge in [-0.25, -0.2) is 0 Å². The van der Waals surface area contributed by atoms with E-state index in [0.717, 1.165) is 12.8 Å².